The van der Waals surface area contributed by atoms with Crippen LogP contribution in [0.5, 0.6) is 0 Å². The van der Waals surface area contributed by atoms with Gasteiger partial charge < -0.3 is 9.16 Å². The van der Waals surface area contributed by atoms with Gasteiger partial charge in [0.1, 0.15) is 5.60 Å². The molecule has 0 saturated heterocycles. The monoisotopic (exact) mass is 636 g/mol. The zero-order valence-corrected chi connectivity index (χ0v) is 27.8. The molecule has 0 aliphatic heterocycles. The maximum absolute atomic E-state index is 13.4. The smallest absolute Gasteiger partial charge is 0.419 e. The van der Waals surface area contributed by atoms with E-state index in [1.807, 2.05) is 52.0 Å². The van der Waals surface area contributed by atoms with Crippen molar-refractivity contribution >= 4 is 51.3 Å². The maximum Gasteiger partial charge on any atom is 0.419 e. The molecule has 0 bridgehead atoms. The minimum Gasteiger partial charge on any atom is -0.443 e. The molecular formula is C29H41BrN2O5SSi. The van der Waals surface area contributed by atoms with Crippen LogP contribution in [0.25, 0.3) is 10.9 Å². The average Bonchev–Trinajstić information content (AvgIpc) is 3.07. The Labute approximate surface area is 242 Å². The summed E-state index contributed by atoms with van der Waals surface area (Å²) in [6.45, 7) is 18.3. The van der Waals surface area contributed by atoms with E-state index >= 15 is 0 Å². The van der Waals surface area contributed by atoms with Crippen molar-refractivity contribution < 1.29 is 22.4 Å². The van der Waals surface area contributed by atoms with Crippen molar-refractivity contribution in [1.29, 1.82) is 0 Å². The molecule has 7 nitrogen and oxygen atoms in total. The van der Waals surface area contributed by atoms with Crippen LogP contribution in [-0.4, -0.2) is 45.6 Å². The largest absolute Gasteiger partial charge is 0.443 e. The van der Waals surface area contributed by atoms with Gasteiger partial charge >= 0.3 is 6.09 Å². The third-order valence-electron chi connectivity index (χ3n) is 7.05. The molecule has 1 N–H and O–H groups in total. The summed E-state index contributed by atoms with van der Waals surface area (Å²) >= 11 is 3.64. The molecule has 0 radical (unpaired) electrons. The molecule has 1 heterocycles. The molecule has 0 aliphatic carbocycles. The molecule has 10 heteroatoms. The number of carbonyl (C=O) groups excluding carboxylic acids is 1. The van der Waals surface area contributed by atoms with Gasteiger partial charge in [-0.25, -0.2) is 22.5 Å². The number of hydrogen-bond donors (Lipinski definition) is 1. The molecule has 2 aromatic carbocycles. The summed E-state index contributed by atoms with van der Waals surface area (Å²) < 4.78 is 44.0. The second kappa shape index (κ2) is 11.5. The fraction of sp³-hybridized carbons (Fsp3) is 0.483. The summed E-state index contributed by atoms with van der Waals surface area (Å²) in [5.74, 6) is 0. The van der Waals surface area contributed by atoms with Gasteiger partial charge in [-0.15, -0.1) is 0 Å². The second-order valence-electron chi connectivity index (χ2n) is 12.5. The van der Waals surface area contributed by atoms with Crippen molar-refractivity contribution in [2.45, 2.75) is 89.6 Å². The van der Waals surface area contributed by atoms with Gasteiger partial charge in [0.05, 0.1) is 21.6 Å². The fourth-order valence-electron chi connectivity index (χ4n) is 3.87. The van der Waals surface area contributed by atoms with Gasteiger partial charge in [0.15, 0.2) is 8.32 Å². The van der Waals surface area contributed by atoms with E-state index in [4.69, 9.17) is 9.16 Å². The minimum absolute atomic E-state index is 0.0410. The molecule has 0 saturated carbocycles. The Bertz CT molecular complexity index is 1440. The highest BCUT2D eigenvalue weighted by molar-refractivity contribution is 9.10. The number of fused-ring (bicyclic) bond motifs is 1. The van der Waals surface area contributed by atoms with Crippen LogP contribution in [0.1, 0.15) is 52.7 Å². The molecular weight excluding hydrogens is 596 g/mol. The quantitative estimate of drug-likeness (QED) is 0.260. The summed E-state index contributed by atoms with van der Waals surface area (Å²) in [7, 11) is -6.01. The third-order valence-corrected chi connectivity index (χ3v) is 13.9. The molecule has 0 fully saturated rings. The zero-order valence-electron chi connectivity index (χ0n) is 24.4. The predicted molar refractivity (Wildman–Crippen MR) is 163 cm³/mol. The SMILES string of the molecule is Cc1ccc(S(=O)(=O)N[C@H](CO[Si](C)(C)C(C)(C)C)Cc2c(Br)n(C(=O)OC(C)(C)C)c3ccccc23)cc1. The van der Waals surface area contributed by atoms with Crippen LogP contribution < -0.4 is 4.72 Å². The number of ether oxygens (including phenoxy) is 1. The normalized spacial score (nSPS) is 14.0. The van der Waals surface area contributed by atoms with E-state index < -0.39 is 36.1 Å². The predicted octanol–water partition coefficient (Wildman–Crippen LogP) is 7.41. The van der Waals surface area contributed by atoms with Gasteiger partial charge in [-0.3, -0.25) is 0 Å². The summed E-state index contributed by atoms with van der Waals surface area (Å²) in [6, 6.07) is 13.7. The molecule has 1 aromatic heterocycles. The summed E-state index contributed by atoms with van der Waals surface area (Å²) in [5.41, 5.74) is 1.78. The summed E-state index contributed by atoms with van der Waals surface area (Å²) in [6.07, 6.45) is -0.206. The van der Waals surface area contributed by atoms with E-state index in [0.29, 0.717) is 16.5 Å². The molecule has 3 rings (SSSR count). The molecule has 39 heavy (non-hydrogen) atoms. The van der Waals surface area contributed by atoms with Gasteiger partial charge in [-0.05, 0) is 91.9 Å². The molecule has 3 aromatic rings. The highest BCUT2D eigenvalue weighted by atomic mass is 79.9. The minimum atomic E-state index is -3.83. The van der Waals surface area contributed by atoms with Crippen molar-refractivity contribution in [1.82, 2.24) is 9.29 Å². The van der Waals surface area contributed by atoms with Crippen molar-refractivity contribution in [3.05, 3.63) is 64.3 Å². The van der Waals surface area contributed by atoms with E-state index in [2.05, 4.69) is 54.5 Å². The Hall–Kier alpha value is -1.98. The molecule has 0 amide bonds. The average molecular weight is 638 g/mol. The Morgan fingerprint density at radius 1 is 1.03 bits per heavy atom. The highest BCUT2D eigenvalue weighted by Gasteiger charge is 2.38. The molecule has 0 spiro atoms. The first-order chi connectivity index (χ1) is 17.8. The van der Waals surface area contributed by atoms with Crippen LogP contribution in [0.15, 0.2) is 58.0 Å². The van der Waals surface area contributed by atoms with E-state index in [1.54, 1.807) is 24.3 Å². The van der Waals surface area contributed by atoms with Crippen LogP contribution in [0.4, 0.5) is 4.79 Å². The number of aryl methyl sites for hydroxylation is 1. The Kier molecular flexibility index (Phi) is 9.29. The standard InChI is InChI=1S/C29H41BrN2O5SSi/c1-20-14-16-22(17-15-20)38(34,35)31-21(19-36-39(8,9)29(5,6)7)18-24-23-12-10-11-13-25(23)32(26(24)30)27(33)37-28(2,3)4/h10-17,21,31H,18-19H2,1-9H3/t21-/m0/s1. The van der Waals surface area contributed by atoms with Gasteiger partial charge in [0, 0.05) is 11.4 Å². The van der Waals surface area contributed by atoms with Crippen LogP contribution in [-0.2, 0) is 25.6 Å². The van der Waals surface area contributed by atoms with Gasteiger partial charge in [-0.2, -0.15) is 0 Å². The first-order valence-electron chi connectivity index (χ1n) is 13.1. The number of halogens is 1. The Balaban J connectivity index is 2.05. The Morgan fingerprint density at radius 2 is 1.62 bits per heavy atom. The van der Waals surface area contributed by atoms with Gasteiger partial charge in [0.25, 0.3) is 0 Å². The number of nitrogens with one attached hydrogen (secondary N) is 1. The molecule has 214 valence electrons. The molecule has 0 aliphatic rings. The van der Waals surface area contributed by atoms with E-state index in [9.17, 15) is 13.2 Å². The number of sulfonamides is 1. The summed E-state index contributed by atoms with van der Waals surface area (Å²) in [4.78, 5) is 13.4. The lowest BCUT2D eigenvalue weighted by Crippen LogP contribution is -2.47. The third kappa shape index (κ3) is 7.61. The first-order valence-corrected chi connectivity index (χ1v) is 18.2. The number of rotatable bonds is 8. The van der Waals surface area contributed by atoms with Crippen molar-refractivity contribution in [3.8, 4) is 0 Å². The van der Waals surface area contributed by atoms with Crippen molar-refractivity contribution in [2.75, 3.05) is 6.61 Å². The van der Waals surface area contributed by atoms with Crippen LogP contribution >= 0.6 is 15.9 Å². The van der Waals surface area contributed by atoms with Crippen LogP contribution in [0.3, 0.4) is 0 Å². The van der Waals surface area contributed by atoms with Gasteiger partial charge in [0.2, 0.25) is 10.0 Å². The molecule has 0 unspecified atom stereocenters. The lowest BCUT2D eigenvalue weighted by atomic mass is 10.1. The highest BCUT2D eigenvalue weighted by Crippen LogP contribution is 2.37. The number of nitrogens with zero attached hydrogens (tertiary/aromatic N) is 1. The lowest BCUT2D eigenvalue weighted by Gasteiger charge is -2.37. The van der Waals surface area contributed by atoms with E-state index in [1.165, 1.54) is 4.57 Å². The van der Waals surface area contributed by atoms with Crippen molar-refractivity contribution in [3.63, 3.8) is 0 Å². The number of benzene rings is 2. The lowest BCUT2D eigenvalue weighted by molar-refractivity contribution is 0.0540. The fourth-order valence-corrected chi connectivity index (χ4v) is 6.85. The topological polar surface area (TPSA) is 86.6 Å². The van der Waals surface area contributed by atoms with Crippen LogP contribution in [0.2, 0.25) is 18.1 Å². The number of aromatic nitrogens is 1. The summed E-state index contributed by atoms with van der Waals surface area (Å²) in [5, 5.41) is 0.794. The number of para-hydroxylation sites is 1. The zero-order chi connectivity index (χ0) is 29.4. The van der Waals surface area contributed by atoms with E-state index in [-0.39, 0.29) is 16.5 Å². The Morgan fingerprint density at radius 3 is 2.18 bits per heavy atom. The van der Waals surface area contributed by atoms with Crippen LogP contribution in [0, 0.1) is 6.92 Å². The molecule has 1 atom stereocenters. The number of carbonyl (C=O) groups is 1. The van der Waals surface area contributed by atoms with Gasteiger partial charge in [-0.1, -0.05) is 56.7 Å². The van der Waals surface area contributed by atoms with Crippen molar-refractivity contribution in [2.24, 2.45) is 0 Å². The maximum atomic E-state index is 13.4. The number of hydrogen-bond acceptors (Lipinski definition) is 5. The first kappa shape index (κ1) is 31.5. The van der Waals surface area contributed by atoms with E-state index in [0.717, 1.165) is 16.5 Å². The second-order valence-corrected chi connectivity index (χ2v) is 19.8.